The molecule has 4 nitrogen and oxygen atoms in total. The lowest BCUT2D eigenvalue weighted by Gasteiger charge is -2.24. The normalized spacial score (nSPS) is 16.6. The van der Waals surface area contributed by atoms with Gasteiger partial charge in [0.1, 0.15) is 0 Å². The van der Waals surface area contributed by atoms with Crippen LogP contribution in [0, 0.1) is 5.92 Å². The number of hydrogen-bond donors (Lipinski definition) is 1. The SMILES string of the molecule is CCN(CC)C(=O)C(/C=C1\CCc2cn(F)c3cccc1c23)CN. The zero-order valence-corrected chi connectivity index (χ0v) is 14.3. The molecule has 0 saturated carbocycles. The van der Waals surface area contributed by atoms with Crippen molar-refractivity contribution in [2.24, 2.45) is 11.7 Å². The number of aryl methyl sites for hydroxylation is 1. The molecule has 1 amide bonds. The van der Waals surface area contributed by atoms with Gasteiger partial charge in [-0.25, -0.2) is 0 Å². The minimum atomic E-state index is -0.329. The molecule has 1 heterocycles. The average molecular weight is 329 g/mol. The first kappa shape index (κ1) is 16.7. The van der Waals surface area contributed by atoms with E-state index in [4.69, 9.17) is 5.73 Å². The number of rotatable bonds is 5. The highest BCUT2D eigenvalue weighted by molar-refractivity contribution is 5.97. The molecule has 0 radical (unpaired) electrons. The van der Waals surface area contributed by atoms with Gasteiger partial charge in [0, 0.05) is 31.2 Å². The molecular formula is C19H24FN3O. The zero-order valence-electron chi connectivity index (χ0n) is 14.3. The molecule has 0 spiro atoms. The first-order chi connectivity index (χ1) is 11.6. The number of halogens is 1. The first-order valence-corrected chi connectivity index (χ1v) is 8.59. The summed E-state index contributed by atoms with van der Waals surface area (Å²) in [4.78, 5) is 15.1. The Kier molecular flexibility index (Phi) is 4.71. The fourth-order valence-corrected chi connectivity index (χ4v) is 3.61. The molecule has 1 aliphatic carbocycles. The Morgan fingerprint density at radius 1 is 1.38 bits per heavy atom. The third-order valence-electron chi connectivity index (χ3n) is 4.92. The standard InChI is InChI=1S/C19H24FN3O/c1-3-22(4-2)19(24)15(11-21)10-13-8-9-14-12-23(20)17-7-5-6-16(13)18(14)17/h5-7,10,12,15H,3-4,8-9,11,21H2,1-2H3/b13-10+. The monoisotopic (exact) mass is 329 g/mol. The number of carbonyl (C=O) groups excluding carboxylic acids is 1. The van der Waals surface area contributed by atoms with Crippen LogP contribution in [0.3, 0.4) is 0 Å². The molecule has 1 aromatic carbocycles. The van der Waals surface area contributed by atoms with Crippen molar-refractivity contribution in [3.8, 4) is 0 Å². The zero-order chi connectivity index (χ0) is 17.3. The molecule has 2 aromatic rings. The highest BCUT2D eigenvalue weighted by Crippen LogP contribution is 2.37. The number of carbonyl (C=O) groups is 1. The summed E-state index contributed by atoms with van der Waals surface area (Å²) in [5.41, 5.74) is 9.61. The fraction of sp³-hybridized carbons (Fsp3) is 0.421. The van der Waals surface area contributed by atoms with E-state index in [-0.39, 0.29) is 18.4 Å². The van der Waals surface area contributed by atoms with Crippen LogP contribution < -0.4 is 5.73 Å². The Labute approximate surface area is 141 Å². The van der Waals surface area contributed by atoms with Crippen LogP contribution in [-0.4, -0.2) is 35.2 Å². The maximum absolute atomic E-state index is 14.0. The Morgan fingerprint density at radius 2 is 2.12 bits per heavy atom. The number of amides is 1. The molecule has 1 unspecified atom stereocenters. The molecule has 1 aromatic heterocycles. The second kappa shape index (κ2) is 6.77. The molecule has 128 valence electrons. The third kappa shape index (κ3) is 2.73. The second-order valence-corrected chi connectivity index (χ2v) is 6.21. The molecule has 0 saturated heterocycles. The lowest BCUT2D eigenvalue weighted by molar-refractivity contribution is -0.133. The molecule has 2 N–H and O–H groups in total. The molecule has 5 heteroatoms. The topological polar surface area (TPSA) is 51.3 Å². The van der Waals surface area contributed by atoms with Crippen LogP contribution in [0.2, 0.25) is 0 Å². The molecule has 0 aliphatic heterocycles. The van der Waals surface area contributed by atoms with Gasteiger partial charge in [0.2, 0.25) is 5.91 Å². The average Bonchev–Trinajstić information content (AvgIpc) is 2.93. The number of hydrogen-bond acceptors (Lipinski definition) is 2. The van der Waals surface area contributed by atoms with Gasteiger partial charge in [-0.05, 0) is 49.5 Å². The van der Waals surface area contributed by atoms with E-state index in [2.05, 4.69) is 0 Å². The summed E-state index contributed by atoms with van der Waals surface area (Å²) in [7, 11) is 0. The van der Waals surface area contributed by atoms with Crippen LogP contribution in [0.25, 0.3) is 16.5 Å². The lowest BCUT2D eigenvalue weighted by atomic mass is 9.86. The number of aromatic nitrogens is 1. The highest BCUT2D eigenvalue weighted by atomic mass is 19.2. The molecule has 3 rings (SSSR count). The van der Waals surface area contributed by atoms with Crippen molar-refractivity contribution in [3.05, 3.63) is 41.6 Å². The van der Waals surface area contributed by atoms with E-state index in [1.807, 2.05) is 37.0 Å². The van der Waals surface area contributed by atoms with Crippen molar-refractivity contribution in [1.82, 2.24) is 9.69 Å². The largest absolute Gasteiger partial charge is 0.343 e. The van der Waals surface area contributed by atoms with Gasteiger partial charge in [0.25, 0.3) is 0 Å². The maximum Gasteiger partial charge on any atom is 0.230 e. The number of nitrogens with two attached hydrogens (primary N) is 1. The molecule has 0 fully saturated rings. The van der Waals surface area contributed by atoms with Crippen molar-refractivity contribution in [1.29, 1.82) is 0 Å². The van der Waals surface area contributed by atoms with Crippen molar-refractivity contribution in [2.45, 2.75) is 26.7 Å². The van der Waals surface area contributed by atoms with E-state index in [1.165, 1.54) is 0 Å². The summed E-state index contributed by atoms with van der Waals surface area (Å²) < 4.78 is 14.0. The maximum atomic E-state index is 14.0. The van der Waals surface area contributed by atoms with E-state index in [1.54, 1.807) is 12.3 Å². The Balaban J connectivity index is 2.02. The molecule has 0 bridgehead atoms. The number of allylic oxidation sites excluding steroid dienone is 1. The fourth-order valence-electron chi connectivity index (χ4n) is 3.61. The first-order valence-electron chi connectivity index (χ1n) is 8.59. The Bertz CT molecular complexity index is 789. The van der Waals surface area contributed by atoms with Gasteiger partial charge in [-0.3, -0.25) is 4.79 Å². The van der Waals surface area contributed by atoms with E-state index in [9.17, 15) is 9.28 Å². The van der Waals surface area contributed by atoms with Crippen LogP contribution in [0.4, 0.5) is 4.48 Å². The van der Waals surface area contributed by atoms with E-state index >= 15 is 0 Å². The van der Waals surface area contributed by atoms with E-state index in [0.29, 0.717) is 23.4 Å². The van der Waals surface area contributed by atoms with Crippen LogP contribution in [0.5, 0.6) is 0 Å². The molecule has 24 heavy (non-hydrogen) atoms. The predicted molar refractivity (Wildman–Crippen MR) is 95.2 cm³/mol. The van der Waals surface area contributed by atoms with Crippen LogP contribution in [-0.2, 0) is 11.2 Å². The lowest BCUT2D eigenvalue weighted by Crippen LogP contribution is -2.38. The summed E-state index contributed by atoms with van der Waals surface area (Å²) in [6.45, 7) is 5.59. The summed E-state index contributed by atoms with van der Waals surface area (Å²) >= 11 is 0. The van der Waals surface area contributed by atoms with E-state index in [0.717, 1.165) is 34.9 Å². The number of nitrogens with zero attached hydrogens (tertiary/aromatic N) is 2. The molecule has 1 atom stereocenters. The minimum absolute atomic E-state index is 0.0658. The van der Waals surface area contributed by atoms with Gasteiger partial charge >= 0.3 is 0 Å². The highest BCUT2D eigenvalue weighted by Gasteiger charge is 2.24. The van der Waals surface area contributed by atoms with Crippen LogP contribution >= 0.6 is 0 Å². The van der Waals surface area contributed by atoms with Crippen molar-refractivity contribution < 1.29 is 9.28 Å². The summed E-state index contributed by atoms with van der Waals surface area (Å²) in [5, 5.41) is 0.962. The van der Waals surface area contributed by atoms with Crippen LogP contribution in [0.1, 0.15) is 31.4 Å². The minimum Gasteiger partial charge on any atom is -0.343 e. The van der Waals surface area contributed by atoms with Gasteiger partial charge < -0.3 is 10.6 Å². The van der Waals surface area contributed by atoms with Crippen molar-refractivity contribution in [3.63, 3.8) is 0 Å². The third-order valence-corrected chi connectivity index (χ3v) is 4.92. The quantitative estimate of drug-likeness (QED) is 0.916. The van der Waals surface area contributed by atoms with Crippen molar-refractivity contribution >= 4 is 22.4 Å². The Hall–Kier alpha value is -2.14. The smallest absolute Gasteiger partial charge is 0.230 e. The van der Waals surface area contributed by atoms with Gasteiger partial charge in [-0.15, -0.1) is 0 Å². The van der Waals surface area contributed by atoms with Gasteiger partial charge in [-0.1, -0.05) is 22.7 Å². The van der Waals surface area contributed by atoms with Gasteiger partial charge in [-0.2, -0.15) is 4.79 Å². The van der Waals surface area contributed by atoms with Gasteiger partial charge in [0.15, 0.2) is 0 Å². The summed E-state index contributed by atoms with van der Waals surface area (Å²) in [6, 6.07) is 5.65. The predicted octanol–water partition coefficient (Wildman–Crippen LogP) is 3.15. The molecular weight excluding hydrogens is 305 g/mol. The Morgan fingerprint density at radius 3 is 2.79 bits per heavy atom. The van der Waals surface area contributed by atoms with Crippen LogP contribution in [0.15, 0.2) is 30.5 Å². The molecule has 1 aliphatic rings. The van der Waals surface area contributed by atoms with E-state index < -0.39 is 0 Å². The number of benzene rings is 1. The van der Waals surface area contributed by atoms with Crippen molar-refractivity contribution in [2.75, 3.05) is 19.6 Å². The second-order valence-electron chi connectivity index (χ2n) is 6.21. The van der Waals surface area contributed by atoms with Gasteiger partial charge in [0.05, 0.1) is 11.4 Å². The summed E-state index contributed by atoms with van der Waals surface area (Å²) in [5.74, 6) is -0.264. The summed E-state index contributed by atoms with van der Waals surface area (Å²) in [6.07, 6.45) is 5.14.